The van der Waals surface area contributed by atoms with Crippen molar-refractivity contribution in [3.63, 3.8) is 0 Å². The van der Waals surface area contributed by atoms with E-state index in [2.05, 4.69) is 62.3 Å². The maximum Gasteiger partial charge on any atom is 0.194 e. The van der Waals surface area contributed by atoms with E-state index >= 15 is 0 Å². The predicted molar refractivity (Wildman–Crippen MR) is 126 cm³/mol. The Morgan fingerprint density at radius 3 is 2.63 bits per heavy atom. The van der Waals surface area contributed by atoms with Gasteiger partial charge in [0.15, 0.2) is 5.96 Å². The molecule has 1 N–H and O–H groups in total. The summed E-state index contributed by atoms with van der Waals surface area (Å²) in [5, 5.41) is 11.5. The lowest BCUT2D eigenvalue weighted by atomic mass is 10.3. The van der Waals surface area contributed by atoms with Gasteiger partial charge in [0.1, 0.15) is 0 Å². The Morgan fingerprint density at radius 1 is 1.26 bits per heavy atom. The van der Waals surface area contributed by atoms with Gasteiger partial charge in [-0.25, -0.2) is 0 Å². The van der Waals surface area contributed by atoms with Gasteiger partial charge in [0.25, 0.3) is 0 Å². The molecule has 0 aromatic carbocycles. The molecule has 0 spiro atoms. The first kappa shape index (κ1) is 22.0. The average molecular weight is 502 g/mol. The standard InChI is InChI=1S/C19H30N6S.HI/c1-4-20-19(21-8-6-9-25-17(3)15-16(2)22-25)24-12-10-23(11-13-24)18-7-5-14-26-18;/h5,7,14-15H,4,6,8-13H2,1-3H3,(H,20,21);1H. The zero-order valence-corrected chi connectivity index (χ0v) is 19.7. The lowest BCUT2D eigenvalue weighted by Crippen LogP contribution is -2.52. The third-order valence-electron chi connectivity index (χ3n) is 4.62. The van der Waals surface area contributed by atoms with Crippen LogP contribution in [0, 0.1) is 13.8 Å². The number of nitrogens with one attached hydrogen (secondary N) is 1. The van der Waals surface area contributed by atoms with E-state index < -0.39 is 0 Å². The number of hydrogen-bond acceptors (Lipinski definition) is 4. The molecule has 0 aliphatic carbocycles. The fourth-order valence-corrected chi connectivity index (χ4v) is 4.11. The van der Waals surface area contributed by atoms with Gasteiger partial charge in [-0.15, -0.1) is 35.3 Å². The van der Waals surface area contributed by atoms with Crippen LogP contribution >= 0.6 is 35.3 Å². The minimum absolute atomic E-state index is 0. The Labute approximate surface area is 183 Å². The second kappa shape index (κ2) is 10.9. The van der Waals surface area contributed by atoms with Gasteiger partial charge in [-0.05, 0) is 50.8 Å². The highest BCUT2D eigenvalue weighted by molar-refractivity contribution is 14.0. The first-order chi connectivity index (χ1) is 12.7. The summed E-state index contributed by atoms with van der Waals surface area (Å²) < 4.78 is 2.08. The summed E-state index contributed by atoms with van der Waals surface area (Å²) >= 11 is 1.82. The molecule has 27 heavy (non-hydrogen) atoms. The average Bonchev–Trinajstić information content (AvgIpc) is 3.28. The monoisotopic (exact) mass is 502 g/mol. The first-order valence-electron chi connectivity index (χ1n) is 9.50. The highest BCUT2D eigenvalue weighted by Crippen LogP contribution is 2.22. The van der Waals surface area contributed by atoms with Crippen molar-refractivity contribution >= 4 is 46.3 Å². The molecule has 3 heterocycles. The molecule has 1 fully saturated rings. The van der Waals surface area contributed by atoms with Gasteiger partial charge in [0.05, 0.1) is 10.7 Å². The van der Waals surface area contributed by atoms with Crippen molar-refractivity contribution in [3.8, 4) is 0 Å². The van der Waals surface area contributed by atoms with Gasteiger partial charge >= 0.3 is 0 Å². The van der Waals surface area contributed by atoms with Gasteiger partial charge in [0, 0.05) is 51.5 Å². The third kappa shape index (κ3) is 6.10. The molecule has 0 unspecified atom stereocenters. The Kier molecular flexibility index (Phi) is 8.88. The number of guanidine groups is 1. The van der Waals surface area contributed by atoms with Crippen molar-refractivity contribution in [1.29, 1.82) is 0 Å². The quantitative estimate of drug-likeness (QED) is 0.285. The maximum atomic E-state index is 4.85. The van der Waals surface area contributed by atoms with E-state index in [0.29, 0.717) is 0 Å². The molecule has 0 saturated carbocycles. The number of aliphatic imine (C=N–C) groups is 1. The van der Waals surface area contributed by atoms with Gasteiger partial charge in [0.2, 0.25) is 0 Å². The normalized spacial score (nSPS) is 15.0. The molecular formula is C19H31IN6S. The molecule has 2 aromatic heterocycles. The van der Waals surface area contributed by atoms with Crippen molar-refractivity contribution < 1.29 is 0 Å². The van der Waals surface area contributed by atoms with E-state index in [1.54, 1.807) is 0 Å². The molecular weight excluding hydrogens is 471 g/mol. The lowest BCUT2D eigenvalue weighted by Gasteiger charge is -2.37. The Balaban J connectivity index is 0.00000261. The molecule has 0 radical (unpaired) electrons. The number of piperazine rings is 1. The topological polar surface area (TPSA) is 48.7 Å². The number of halogens is 1. The van der Waals surface area contributed by atoms with Gasteiger partial charge in [-0.2, -0.15) is 5.10 Å². The third-order valence-corrected chi connectivity index (χ3v) is 5.55. The second-order valence-electron chi connectivity index (χ2n) is 6.66. The second-order valence-corrected chi connectivity index (χ2v) is 7.59. The molecule has 2 aromatic rings. The molecule has 0 bridgehead atoms. The molecule has 0 atom stereocenters. The summed E-state index contributed by atoms with van der Waals surface area (Å²) in [7, 11) is 0. The van der Waals surface area contributed by atoms with E-state index in [9.17, 15) is 0 Å². The molecule has 6 nitrogen and oxygen atoms in total. The van der Waals surface area contributed by atoms with Crippen molar-refractivity contribution in [2.75, 3.05) is 44.2 Å². The predicted octanol–water partition coefficient (Wildman–Crippen LogP) is 3.36. The summed E-state index contributed by atoms with van der Waals surface area (Å²) in [6.07, 6.45) is 1.01. The fourth-order valence-electron chi connectivity index (χ4n) is 3.32. The molecule has 0 amide bonds. The summed E-state index contributed by atoms with van der Waals surface area (Å²) in [5.41, 5.74) is 2.31. The number of rotatable bonds is 6. The van der Waals surface area contributed by atoms with E-state index in [-0.39, 0.29) is 24.0 Å². The van der Waals surface area contributed by atoms with Crippen molar-refractivity contribution in [1.82, 2.24) is 20.0 Å². The van der Waals surface area contributed by atoms with E-state index in [4.69, 9.17) is 4.99 Å². The zero-order valence-electron chi connectivity index (χ0n) is 16.5. The fraction of sp³-hybridized carbons (Fsp3) is 0.579. The van der Waals surface area contributed by atoms with Gasteiger partial charge < -0.3 is 15.1 Å². The number of anilines is 1. The van der Waals surface area contributed by atoms with Crippen LogP contribution in [0.2, 0.25) is 0 Å². The summed E-state index contributed by atoms with van der Waals surface area (Å²) in [5.74, 6) is 1.05. The van der Waals surface area contributed by atoms with E-state index in [1.807, 2.05) is 18.3 Å². The van der Waals surface area contributed by atoms with Crippen molar-refractivity contribution in [2.45, 2.75) is 33.7 Å². The minimum Gasteiger partial charge on any atom is -0.360 e. The summed E-state index contributed by atoms with van der Waals surface area (Å²) in [4.78, 5) is 9.70. The molecule has 1 aliphatic rings. The van der Waals surface area contributed by atoms with Gasteiger partial charge in [-0.1, -0.05) is 0 Å². The van der Waals surface area contributed by atoms with Crippen LogP contribution in [-0.4, -0.2) is 59.9 Å². The molecule has 1 aliphatic heterocycles. The lowest BCUT2D eigenvalue weighted by molar-refractivity contribution is 0.373. The van der Waals surface area contributed by atoms with E-state index in [1.165, 1.54) is 10.7 Å². The van der Waals surface area contributed by atoms with Crippen molar-refractivity contribution in [3.05, 3.63) is 35.0 Å². The molecule has 8 heteroatoms. The largest absolute Gasteiger partial charge is 0.360 e. The first-order valence-corrected chi connectivity index (χ1v) is 10.4. The molecule has 150 valence electrons. The van der Waals surface area contributed by atoms with Crippen LogP contribution in [0.15, 0.2) is 28.6 Å². The van der Waals surface area contributed by atoms with Crippen LogP contribution in [0.4, 0.5) is 5.00 Å². The summed E-state index contributed by atoms with van der Waals surface area (Å²) in [6.45, 7) is 13.1. The number of thiophene rings is 1. The van der Waals surface area contributed by atoms with Crippen LogP contribution in [0.1, 0.15) is 24.7 Å². The Morgan fingerprint density at radius 2 is 2.04 bits per heavy atom. The number of nitrogens with zero attached hydrogens (tertiary/aromatic N) is 5. The van der Waals surface area contributed by atoms with Gasteiger partial charge in [-0.3, -0.25) is 9.67 Å². The Bertz CT molecular complexity index is 704. The van der Waals surface area contributed by atoms with Crippen LogP contribution in [0.3, 0.4) is 0 Å². The highest BCUT2D eigenvalue weighted by Gasteiger charge is 2.20. The number of aromatic nitrogens is 2. The minimum atomic E-state index is 0. The van der Waals surface area contributed by atoms with Crippen LogP contribution in [0.5, 0.6) is 0 Å². The van der Waals surface area contributed by atoms with Crippen molar-refractivity contribution in [2.24, 2.45) is 4.99 Å². The van der Waals surface area contributed by atoms with Crippen LogP contribution in [-0.2, 0) is 6.54 Å². The van der Waals surface area contributed by atoms with E-state index in [0.717, 1.165) is 63.9 Å². The Hall–Kier alpha value is -1.29. The summed E-state index contributed by atoms with van der Waals surface area (Å²) in [6, 6.07) is 6.46. The molecule has 1 saturated heterocycles. The number of aryl methyl sites for hydroxylation is 3. The maximum absolute atomic E-state index is 4.85. The molecule has 3 rings (SSSR count). The van der Waals surface area contributed by atoms with Crippen LogP contribution < -0.4 is 10.2 Å². The van der Waals surface area contributed by atoms with Crippen LogP contribution in [0.25, 0.3) is 0 Å². The highest BCUT2D eigenvalue weighted by atomic mass is 127. The SMILES string of the molecule is CCNC(=NCCCn1nc(C)cc1C)N1CCN(c2cccs2)CC1.I. The smallest absolute Gasteiger partial charge is 0.194 e. The zero-order chi connectivity index (χ0) is 18.4. The number of hydrogen-bond donors (Lipinski definition) is 1.